The van der Waals surface area contributed by atoms with Gasteiger partial charge in [-0.15, -0.1) is 0 Å². The lowest BCUT2D eigenvalue weighted by molar-refractivity contribution is 0.0724. The monoisotopic (exact) mass is 249 g/mol. The average molecular weight is 249 g/mol. The third-order valence-electron chi connectivity index (χ3n) is 3.20. The van der Waals surface area contributed by atoms with Crippen LogP contribution in [-0.4, -0.2) is 31.9 Å². The number of sulfonamides is 1. The molecule has 0 saturated heterocycles. The first-order chi connectivity index (χ1) is 7.55. The minimum Gasteiger partial charge on any atom is -0.393 e. The molecule has 2 N–H and O–H groups in total. The Bertz CT molecular complexity index is 290. The number of nitrogens with one attached hydrogen (secondary N) is 1. The van der Waals surface area contributed by atoms with Crippen LogP contribution in [0.15, 0.2) is 0 Å². The molecule has 2 unspecified atom stereocenters. The van der Waals surface area contributed by atoms with E-state index in [-0.39, 0.29) is 17.8 Å². The third kappa shape index (κ3) is 4.80. The van der Waals surface area contributed by atoms with Gasteiger partial charge in [0.25, 0.3) is 0 Å². The standard InChI is InChI=1S/C11H23NO3S/c1-2-3-8-16(14,15)12-9-10-6-4-5-7-11(10)13/h10-13H,2-9H2,1H3. The molecule has 0 aliphatic heterocycles. The lowest BCUT2D eigenvalue weighted by Gasteiger charge is -2.27. The lowest BCUT2D eigenvalue weighted by atomic mass is 9.87. The molecule has 0 radical (unpaired) electrons. The molecule has 1 saturated carbocycles. The van der Waals surface area contributed by atoms with E-state index in [4.69, 9.17) is 0 Å². The third-order valence-corrected chi connectivity index (χ3v) is 4.63. The van der Waals surface area contributed by atoms with Gasteiger partial charge in [0, 0.05) is 6.54 Å². The molecule has 16 heavy (non-hydrogen) atoms. The fourth-order valence-electron chi connectivity index (χ4n) is 2.07. The van der Waals surface area contributed by atoms with Crippen molar-refractivity contribution in [2.24, 2.45) is 5.92 Å². The van der Waals surface area contributed by atoms with Gasteiger partial charge in [-0.2, -0.15) is 0 Å². The van der Waals surface area contributed by atoms with E-state index < -0.39 is 10.0 Å². The van der Waals surface area contributed by atoms with E-state index in [0.717, 1.165) is 32.1 Å². The van der Waals surface area contributed by atoms with Crippen LogP contribution in [0.25, 0.3) is 0 Å². The zero-order valence-electron chi connectivity index (χ0n) is 9.98. The Labute approximate surface area is 98.5 Å². The van der Waals surface area contributed by atoms with Gasteiger partial charge in [-0.1, -0.05) is 26.2 Å². The summed E-state index contributed by atoms with van der Waals surface area (Å²) in [6.07, 6.45) is 5.13. The van der Waals surface area contributed by atoms with Crippen molar-refractivity contribution in [1.29, 1.82) is 0 Å². The van der Waals surface area contributed by atoms with Crippen LogP contribution in [0.4, 0.5) is 0 Å². The number of hydrogen-bond donors (Lipinski definition) is 2. The van der Waals surface area contributed by atoms with Crippen LogP contribution >= 0.6 is 0 Å². The van der Waals surface area contributed by atoms with Crippen LogP contribution in [0.1, 0.15) is 45.4 Å². The normalized spacial score (nSPS) is 26.9. The van der Waals surface area contributed by atoms with Crippen molar-refractivity contribution in [2.75, 3.05) is 12.3 Å². The number of aliphatic hydroxyl groups excluding tert-OH is 1. The maximum atomic E-state index is 11.5. The van der Waals surface area contributed by atoms with Crippen molar-refractivity contribution < 1.29 is 13.5 Å². The zero-order chi connectivity index (χ0) is 12.0. The molecule has 5 heteroatoms. The fourth-order valence-corrected chi connectivity index (χ4v) is 3.35. The van der Waals surface area contributed by atoms with Gasteiger partial charge in [-0.25, -0.2) is 13.1 Å². The highest BCUT2D eigenvalue weighted by Gasteiger charge is 2.24. The van der Waals surface area contributed by atoms with Gasteiger partial charge < -0.3 is 5.11 Å². The Morgan fingerprint density at radius 1 is 1.31 bits per heavy atom. The summed E-state index contributed by atoms with van der Waals surface area (Å²) in [4.78, 5) is 0. The summed E-state index contributed by atoms with van der Waals surface area (Å²) in [5.74, 6) is 0.303. The van der Waals surface area contributed by atoms with Crippen LogP contribution in [0.5, 0.6) is 0 Å². The molecule has 4 nitrogen and oxygen atoms in total. The highest BCUT2D eigenvalue weighted by molar-refractivity contribution is 7.89. The number of rotatable bonds is 6. The summed E-state index contributed by atoms with van der Waals surface area (Å²) < 4.78 is 25.7. The molecule has 0 spiro atoms. The van der Waals surface area contributed by atoms with Crippen LogP contribution in [-0.2, 0) is 10.0 Å². The van der Waals surface area contributed by atoms with E-state index in [1.165, 1.54) is 0 Å². The topological polar surface area (TPSA) is 66.4 Å². The maximum Gasteiger partial charge on any atom is 0.211 e. The number of hydrogen-bond acceptors (Lipinski definition) is 3. The predicted octanol–water partition coefficient (Wildman–Crippen LogP) is 1.26. The second-order valence-electron chi connectivity index (χ2n) is 4.63. The van der Waals surface area contributed by atoms with Crippen molar-refractivity contribution in [2.45, 2.75) is 51.6 Å². The molecule has 1 fully saturated rings. The molecule has 0 amide bonds. The molecule has 1 rings (SSSR count). The Morgan fingerprint density at radius 2 is 2.00 bits per heavy atom. The summed E-state index contributed by atoms with van der Waals surface area (Å²) in [5.41, 5.74) is 0. The molecular weight excluding hydrogens is 226 g/mol. The summed E-state index contributed by atoms with van der Waals surface area (Å²) in [6.45, 7) is 2.37. The van der Waals surface area contributed by atoms with Crippen LogP contribution in [0, 0.1) is 5.92 Å². The van der Waals surface area contributed by atoms with Crippen molar-refractivity contribution in [3.05, 3.63) is 0 Å². The van der Waals surface area contributed by atoms with E-state index in [9.17, 15) is 13.5 Å². The highest BCUT2D eigenvalue weighted by Crippen LogP contribution is 2.23. The average Bonchev–Trinajstić information content (AvgIpc) is 2.26. The predicted molar refractivity (Wildman–Crippen MR) is 64.7 cm³/mol. The molecule has 1 aliphatic rings. The van der Waals surface area contributed by atoms with Gasteiger partial charge in [-0.05, 0) is 25.2 Å². The second-order valence-corrected chi connectivity index (χ2v) is 6.56. The van der Waals surface area contributed by atoms with Gasteiger partial charge in [0.2, 0.25) is 10.0 Å². The van der Waals surface area contributed by atoms with Gasteiger partial charge in [-0.3, -0.25) is 0 Å². The van der Waals surface area contributed by atoms with Gasteiger partial charge in [0.1, 0.15) is 0 Å². The molecule has 0 bridgehead atoms. The fraction of sp³-hybridized carbons (Fsp3) is 1.00. The van der Waals surface area contributed by atoms with Crippen molar-refractivity contribution in [1.82, 2.24) is 4.72 Å². The van der Waals surface area contributed by atoms with E-state index in [0.29, 0.717) is 13.0 Å². The summed E-state index contributed by atoms with van der Waals surface area (Å²) in [7, 11) is -3.13. The maximum absolute atomic E-state index is 11.5. The SMILES string of the molecule is CCCCS(=O)(=O)NCC1CCCCC1O. The second kappa shape index (κ2) is 6.57. The van der Waals surface area contributed by atoms with Crippen molar-refractivity contribution in [3.8, 4) is 0 Å². The molecule has 1 aliphatic carbocycles. The number of unbranched alkanes of at least 4 members (excludes halogenated alkanes) is 1. The highest BCUT2D eigenvalue weighted by atomic mass is 32.2. The molecule has 96 valence electrons. The van der Waals surface area contributed by atoms with Crippen LogP contribution < -0.4 is 4.72 Å². The van der Waals surface area contributed by atoms with E-state index in [1.807, 2.05) is 6.92 Å². The summed E-state index contributed by atoms with van der Waals surface area (Å²) in [6, 6.07) is 0. The molecule has 0 aromatic rings. The van der Waals surface area contributed by atoms with Gasteiger partial charge >= 0.3 is 0 Å². The smallest absolute Gasteiger partial charge is 0.211 e. The first-order valence-corrected chi connectivity index (χ1v) is 7.86. The van der Waals surface area contributed by atoms with Crippen LogP contribution in [0.2, 0.25) is 0 Å². The molecule has 0 aromatic carbocycles. The van der Waals surface area contributed by atoms with Crippen molar-refractivity contribution in [3.63, 3.8) is 0 Å². The first-order valence-electron chi connectivity index (χ1n) is 6.20. The Hall–Kier alpha value is -0.130. The van der Waals surface area contributed by atoms with Crippen LogP contribution in [0.3, 0.4) is 0 Å². The Kier molecular flexibility index (Phi) is 5.72. The molecule has 2 atom stereocenters. The minimum absolute atomic E-state index is 0.102. The van der Waals surface area contributed by atoms with E-state index in [2.05, 4.69) is 4.72 Å². The largest absolute Gasteiger partial charge is 0.393 e. The zero-order valence-corrected chi connectivity index (χ0v) is 10.8. The lowest BCUT2D eigenvalue weighted by Crippen LogP contribution is -2.37. The number of aliphatic hydroxyl groups is 1. The quantitative estimate of drug-likeness (QED) is 0.744. The Morgan fingerprint density at radius 3 is 2.62 bits per heavy atom. The summed E-state index contributed by atoms with van der Waals surface area (Å²) in [5, 5.41) is 9.71. The van der Waals surface area contributed by atoms with E-state index in [1.54, 1.807) is 0 Å². The minimum atomic E-state index is -3.13. The molecule has 0 aromatic heterocycles. The Balaban J connectivity index is 2.32. The first kappa shape index (κ1) is 13.9. The van der Waals surface area contributed by atoms with Crippen molar-refractivity contribution >= 4 is 10.0 Å². The van der Waals surface area contributed by atoms with Gasteiger partial charge in [0.05, 0.1) is 11.9 Å². The molecular formula is C11H23NO3S. The summed E-state index contributed by atoms with van der Waals surface area (Å²) >= 11 is 0. The van der Waals surface area contributed by atoms with Gasteiger partial charge in [0.15, 0.2) is 0 Å². The van der Waals surface area contributed by atoms with E-state index >= 15 is 0 Å². The molecule has 0 heterocycles.